The summed E-state index contributed by atoms with van der Waals surface area (Å²) in [6, 6.07) is 8.98. The zero-order valence-electron chi connectivity index (χ0n) is 13.0. The Balaban J connectivity index is 2.28. The molecule has 1 atom stereocenters. The van der Waals surface area contributed by atoms with Gasteiger partial charge in [-0.05, 0) is 42.8 Å². The molecule has 8 heteroatoms. The summed E-state index contributed by atoms with van der Waals surface area (Å²) >= 11 is 5.95. The third-order valence-electron chi connectivity index (χ3n) is 3.67. The standard InChI is InChI=1S/C16H16ClF2NO3S/c1-16(23-2,11-4-3-5-12(17)8-11)10-20-24(21,22)15-9-13(18)6-7-14(15)19/h3-9,20H,10H2,1-2H3. The maximum absolute atomic E-state index is 13.7. The van der Waals surface area contributed by atoms with Gasteiger partial charge in [0.25, 0.3) is 0 Å². The van der Waals surface area contributed by atoms with Gasteiger partial charge in [0.1, 0.15) is 22.1 Å². The molecule has 0 saturated heterocycles. The van der Waals surface area contributed by atoms with Gasteiger partial charge in [-0.3, -0.25) is 0 Å². The molecule has 0 heterocycles. The van der Waals surface area contributed by atoms with E-state index in [4.69, 9.17) is 16.3 Å². The second kappa shape index (κ2) is 7.14. The van der Waals surface area contributed by atoms with Crippen molar-refractivity contribution in [1.29, 1.82) is 0 Å². The number of hydrogen-bond acceptors (Lipinski definition) is 3. The molecule has 0 fully saturated rings. The van der Waals surface area contributed by atoms with E-state index in [2.05, 4.69) is 4.72 Å². The lowest BCUT2D eigenvalue weighted by molar-refractivity contribution is 0.00698. The first-order valence-electron chi connectivity index (χ1n) is 6.94. The van der Waals surface area contributed by atoms with Gasteiger partial charge in [-0.1, -0.05) is 23.7 Å². The Morgan fingerprint density at radius 3 is 2.54 bits per heavy atom. The lowest BCUT2D eigenvalue weighted by Gasteiger charge is -2.29. The van der Waals surface area contributed by atoms with Crippen LogP contribution in [0, 0.1) is 11.6 Å². The van der Waals surface area contributed by atoms with Crippen LogP contribution in [0.4, 0.5) is 8.78 Å². The van der Waals surface area contributed by atoms with E-state index < -0.39 is 32.2 Å². The maximum atomic E-state index is 13.7. The van der Waals surface area contributed by atoms with Crippen LogP contribution in [-0.2, 0) is 20.4 Å². The van der Waals surface area contributed by atoms with Crippen LogP contribution in [0.15, 0.2) is 47.4 Å². The van der Waals surface area contributed by atoms with Gasteiger partial charge in [0.05, 0.1) is 0 Å². The van der Waals surface area contributed by atoms with Gasteiger partial charge >= 0.3 is 0 Å². The zero-order chi connectivity index (χ0) is 18.0. The minimum absolute atomic E-state index is 0.192. The van der Waals surface area contributed by atoms with Crippen molar-refractivity contribution in [3.8, 4) is 0 Å². The Hall–Kier alpha value is -1.54. The number of ether oxygens (including phenoxy) is 1. The number of nitrogens with one attached hydrogen (secondary N) is 1. The molecule has 0 saturated carbocycles. The van der Waals surface area contributed by atoms with Crippen molar-refractivity contribution >= 4 is 21.6 Å². The van der Waals surface area contributed by atoms with E-state index in [1.807, 2.05) is 0 Å². The summed E-state index contributed by atoms with van der Waals surface area (Å²) in [6.45, 7) is 1.46. The molecule has 2 aromatic carbocycles. The van der Waals surface area contributed by atoms with E-state index >= 15 is 0 Å². The number of hydrogen-bond donors (Lipinski definition) is 1. The molecule has 0 aromatic heterocycles. The summed E-state index contributed by atoms with van der Waals surface area (Å²) in [5.74, 6) is -1.88. The molecule has 0 amide bonds. The predicted octanol–water partition coefficient (Wildman–Crippen LogP) is 3.46. The van der Waals surface area contributed by atoms with Crippen LogP contribution in [-0.4, -0.2) is 22.1 Å². The first-order valence-corrected chi connectivity index (χ1v) is 8.80. The van der Waals surface area contributed by atoms with Gasteiger partial charge in [-0.15, -0.1) is 0 Å². The van der Waals surface area contributed by atoms with Crippen LogP contribution in [0.5, 0.6) is 0 Å². The average molecular weight is 376 g/mol. The van der Waals surface area contributed by atoms with E-state index in [0.717, 1.165) is 12.1 Å². The highest BCUT2D eigenvalue weighted by Gasteiger charge is 2.30. The van der Waals surface area contributed by atoms with E-state index in [9.17, 15) is 17.2 Å². The molecule has 2 rings (SSSR count). The molecule has 24 heavy (non-hydrogen) atoms. The first kappa shape index (κ1) is 18.8. The maximum Gasteiger partial charge on any atom is 0.243 e. The normalized spacial score (nSPS) is 14.4. The fourth-order valence-corrected chi connectivity index (χ4v) is 3.51. The van der Waals surface area contributed by atoms with Gasteiger partial charge < -0.3 is 4.74 Å². The summed E-state index contributed by atoms with van der Waals surface area (Å²) in [6.07, 6.45) is 0. The Morgan fingerprint density at radius 1 is 1.21 bits per heavy atom. The summed E-state index contributed by atoms with van der Waals surface area (Å²) in [5, 5.41) is 0.467. The van der Waals surface area contributed by atoms with Gasteiger partial charge in [0.15, 0.2) is 0 Å². The highest BCUT2D eigenvalue weighted by atomic mass is 35.5. The number of methoxy groups -OCH3 is 1. The van der Waals surface area contributed by atoms with Gasteiger partial charge in [0, 0.05) is 18.7 Å². The van der Waals surface area contributed by atoms with Crippen LogP contribution >= 0.6 is 11.6 Å². The van der Waals surface area contributed by atoms with Crippen LogP contribution < -0.4 is 4.72 Å². The Bertz CT molecular complexity index is 845. The topological polar surface area (TPSA) is 55.4 Å². The fourth-order valence-electron chi connectivity index (χ4n) is 2.10. The molecule has 0 spiro atoms. The summed E-state index contributed by atoms with van der Waals surface area (Å²) in [5.41, 5.74) is -0.401. The van der Waals surface area contributed by atoms with E-state index in [1.165, 1.54) is 7.11 Å². The molecule has 4 nitrogen and oxygen atoms in total. The van der Waals surface area contributed by atoms with Crippen molar-refractivity contribution in [2.24, 2.45) is 0 Å². The Kier molecular flexibility index (Phi) is 5.59. The van der Waals surface area contributed by atoms with E-state index in [-0.39, 0.29) is 6.54 Å². The molecular formula is C16H16ClF2NO3S. The number of benzene rings is 2. The molecule has 0 aliphatic carbocycles. The van der Waals surface area contributed by atoms with Crippen molar-refractivity contribution in [1.82, 2.24) is 4.72 Å². The highest BCUT2D eigenvalue weighted by Crippen LogP contribution is 2.27. The largest absolute Gasteiger partial charge is 0.372 e. The molecule has 0 aliphatic rings. The SMILES string of the molecule is COC(C)(CNS(=O)(=O)c1cc(F)ccc1F)c1cccc(Cl)c1. The van der Waals surface area contributed by atoms with Crippen LogP contribution in [0.1, 0.15) is 12.5 Å². The Morgan fingerprint density at radius 2 is 1.92 bits per heavy atom. The molecule has 130 valence electrons. The number of halogens is 3. The van der Waals surface area contributed by atoms with Crippen molar-refractivity contribution in [2.45, 2.75) is 17.4 Å². The smallest absolute Gasteiger partial charge is 0.243 e. The van der Waals surface area contributed by atoms with Crippen molar-refractivity contribution < 1.29 is 21.9 Å². The van der Waals surface area contributed by atoms with Gasteiger partial charge in [0.2, 0.25) is 10.0 Å². The van der Waals surface area contributed by atoms with Crippen molar-refractivity contribution in [3.63, 3.8) is 0 Å². The molecule has 0 radical (unpaired) electrons. The van der Waals surface area contributed by atoms with Crippen LogP contribution in [0.25, 0.3) is 0 Å². The monoisotopic (exact) mass is 375 g/mol. The third kappa shape index (κ3) is 4.10. The lowest BCUT2D eigenvalue weighted by Crippen LogP contribution is -2.40. The lowest BCUT2D eigenvalue weighted by atomic mass is 9.96. The van der Waals surface area contributed by atoms with Crippen LogP contribution in [0.3, 0.4) is 0 Å². The van der Waals surface area contributed by atoms with Gasteiger partial charge in [-0.2, -0.15) is 0 Å². The number of rotatable bonds is 6. The van der Waals surface area contributed by atoms with Crippen molar-refractivity contribution in [3.05, 3.63) is 64.7 Å². The van der Waals surface area contributed by atoms with E-state index in [0.29, 0.717) is 16.7 Å². The minimum atomic E-state index is -4.25. The zero-order valence-corrected chi connectivity index (χ0v) is 14.6. The number of sulfonamides is 1. The molecule has 1 unspecified atom stereocenters. The third-order valence-corrected chi connectivity index (χ3v) is 5.32. The first-order chi connectivity index (χ1) is 11.2. The molecular weight excluding hydrogens is 360 g/mol. The minimum Gasteiger partial charge on any atom is -0.372 e. The average Bonchev–Trinajstić information content (AvgIpc) is 2.55. The van der Waals surface area contributed by atoms with Crippen LogP contribution in [0.2, 0.25) is 5.02 Å². The summed E-state index contributed by atoms with van der Waals surface area (Å²) in [7, 11) is -2.84. The molecule has 0 aliphatic heterocycles. The summed E-state index contributed by atoms with van der Waals surface area (Å²) in [4.78, 5) is -0.757. The second-order valence-corrected chi connectivity index (χ2v) is 7.52. The van der Waals surface area contributed by atoms with E-state index in [1.54, 1.807) is 31.2 Å². The second-order valence-electron chi connectivity index (χ2n) is 5.34. The highest BCUT2D eigenvalue weighted by molar-refractivity contribution is 7.89. The molecule has 0 bridgehead atoms. The van der Waals surface area contributed by atoms with Crippen molar-refractivity contribution in [2.75, 3.05) is 13.7 Å². The quantitative estimate of drug-likeness (QED) is 0.841. The fraction of sp³-hybridized carbons (Fsp3) is 0.250. The summed E-state index contributed by atoms with van der Waals surface area (Å²) < 4.78 is 59.1. The predicted molar refractivity (Wildman–Crippen MR) is 87.4 cm³/mol. The molecule has 1 N–H and O–H groups in total. The Labute approximate surface area is 144 Å². The van der Waals surface area contributed by atoms with Gasteiger partial charge in [-0.25, -0.2) is 21.9 Å². The molecule has 2 aromatic rings.